The zero-order valence-electron chi connectivity index (χ0n) is 10.2. The summed E-state index contributed by atoms with van der Waals surface area (Å²) in [5.74, 6) is 0.310. The summed E-state index contributed by atoms with van der Waals surface area (Å²) in [5, 5.41) is 5.06. The van der Waals surface area contributed by atoms with Gasteiger partial charge >= 0.3 is 6.09 Å². The zero-order valence-corrected chi connectivity index (χ0v) is 11.1. The molecule has 0 aliphatic heterocycles. The molecule has 2 N–H and O–H groups in total. The van der Waals surface area contributed by atoms with Crippen molar-refractivity contribution in [2.24, 2.45) is 0 Å². The molecule has 0 saturated carbocycles. The van der Waals surface area contributed by atoms with Crippen molar-refractivity contribution in [2.75, 3.05) is 12.3 Å². The van der Waals surface area contributed by atoms with E-state index in [9.17, 15) is 9.59 Å². The number of amides is 2. The van der Waals surface area contributed by atoms with E-state index in [0.29, 0.717) is 12.3 Å². The lowest BCUT2D eigenvalue weighted by molar-refractivity contribution is -0.122. The molecule has 0 aromatic carbocycles. The van der Waals surface area contributed by atoms with Crippen molar-refractivity contribution in [3.63, 3.8) is 0 Å². The molecule has 0 fully saturated rings. The summed E-state index contributed by atoms with van der Waals surface area (Å²) in [4.78, 5) is 22.7. The maximum Gasteiger partial charge on any atom is 0.408 e. The van der Waals surface area contributed by atoms with Crippen molar-refractivity contribution in [3.05, 3.63) is 0 Å². The van der Waals surface area contributed by atoms with E-state index in [1.807, 2.05) is 0 Å². The molecule has 5 nitrogen and oxygen atoms in total. The minimum atomic E-state index is -0.616. The van der Waals surface area contributed by atoms with Crippen LogP contribution in [0.1, 0.15) is 27.7 Å². The Morgan fingerprint density at radius 2 is 1.94 bits per heavy atom. The Morgan fingerprint density at radius 1 is 1.38 bits per heavy atom. The summed E-state index contributed by atoms with van der Waals surface area (Å²) >= 11 is 3.96. The lowest BCUT2D eigenvalue weighted by atomic mass is 10.2. The Bertz CT molecular complexity index is 251. The average Bonchev–Trinajstić information content (AvgIpc) is 2.10. The van der Waals surface area contributed by atoms with Crippen LogP contribution in [0.5, 0.6) is 0 Å². The summed E-state index contributed by atoms with van der Waals surface area (Å²) in [6.07, 6.45) is -0.596. The predicted molar refractivity (Wildman–Crippen MR) is 65.7 cm³/mol. The van der Waals surface area contributed by atoms with Crippen molar-refractivity contribution in [1.29, 1.82) is 0 Å². The van der Waals surface area contributed by atoms with Gasteiger partial charge in [-0.05, 0) is 27.7 Å². The maximum absolute atomic E-state index is 11.4. The molecule has 0 heterocycles. The number of hydrogen-bond donors (Lipinski definition) is 3. The first kappa shape index (κ1) is 15.1. The fourth-order valence-corrected chi connectivity index (χ4v) is 0.994. The molecule has 0 rings (SSSR count). The van der Waals surface area contributed by atoms with Crippen LogP contribution in [-0.4, -0.2) is 35.9 Å². The number of rotatable bonds is 4. The number of carbonyl (C=O) groups excluding carboxylic acids is 2. The third-order valence-corrected chi connectivity index (χ3v) is 1.76. The third kappa shape index (κ3) is 7.39. The molecule has 1 unspecified atom stereocenters. The van der Waals surface area contributed by atoms with E-state index in [4.69, 9.17) is 4.74 Å². The molecule has 2 amide bonds. The lowest BCUT2D eigenvalue weighted by Gasteiger charge is -2.21. The standard InChI is InChI=1S/C10H20N2O3S/c1-7(8(13)11-5-6-16)12-9(14)15-10(2,3)4/h7,16H,5-6H2,1-4H3,(H,11,13)(H,12,14). The number of carbonyl (C=O) groups is 2. The van der Waals surface area contributed by atoms with Gasteiger partial charge in [-0.1, -0.05) is 0 Å². The van der Waals surface area contributed by atoms with Crippen LogP contribution in [0.4, 0.5) is 4.79 Å². The molecule has 0 aliphatic carbocycles. The maximum atomic E-state index is 11.4. The van der Waals surface area contributed by atoms with Gasteiger partial charge in [0.2, 0.25) is 5.91 Å². The molecule has 6 heteroatoms. The number of nitrogens with one attached hydrogen (secondary N) is 2. The van der Waals surface area contributed by atoms with Crippen molar-refractivity contribution in [3.8, 4) is 0 Å². The molecule has 0 saturated heterocycles. The van der Waals surface area contributed by atoms with Gasteiger partial charge in [-0.3, -0.25) is 4.79 Å². The Hall–Kier alpha value is -0.910. The minimum absolute atomic E-state index is 0.250. The van der Waals surface area contributed by atoms with Gasteiger partial charge in [-0.15, -0.1) is 0 Å². The second kappa shape index (κ2) is 6.62. The molecular weight excluding hydrogens is 228 g/mol. The van der Waals surface area contributed by atoms with Crippen molar-refractivity contribution in [1.82, 2.24) is 10.6 Å². The van der Waals surface area contributed by atoms with E-state index < -0.39 is 17.7 Å². The molecule has 0 bridgehead atoms. The van der Waals surface area contributed by atoms with Crippen LogP contribution < -0.4 is 10.6 Å². The van der Waals surface area contributed by atoms with Gasteiger partial charge in [0.15, 0.2) is 0 Å². The normalized spacial score (nSPS) is 12.8. The van der Waals surface area contributed by atoms with Crippen molar-refractivity contribution >= 4 is 24.6 Å². The highest BCUT2D eigenvalue weighted by Crippen LogP contribution is 2.06. The van der Waals surface area contributed by atoms with Gasteiger partial charge in [0.25, 0.3) is 0 Å². The predicted octanol–water partition coefficient (Wildman–Crippen LogP) is 0.946. The smallest absolute Gasteiger partial charge is 0.408 e. The lowest BCUT2D eigenvalue weighted by Crippen LogP contribution is -2.46. The highest BCUT2D eigenvalue weighted by atomic mass is 32.1. The second-order valence-electron chi connectivity index (χ2n) is 4.38. The summed E-state index contributed by atoms with van der Waals surface area (Å²) in [5.41, 5.74) is -0.564. The molecule has 94 valence electrons. The Kier molecular flexibility index (Phi) is 6.25. The van der Waals surface area contributed by atoms with Gasteiger partial charge in [-0.2, -0.15) is 12.6 Å². The largest absolute Gasteiger partial charge is 0.444 e. The van der Waals surface area contributed by atoms with E-state index >= 15 is 0 Å². The molecule has 0 spiro atoms. The third-order valence-electron chi connectivity index (χ3n) is 1.54. The van der Waals surface area contributed by atoms with Crippen LogP contribution in [-0.2, 0) is 9.53 Å². The molecular formula is C10H20N2O3S. The summed E-state index contributed by atoms with van der Waals surface area (Å²) in [7, 11) is 0. The van der Waals surface area contributed by atoms with E-state index in [2.05, 4.69) is 23.3 Å². The highest BCUT2D eigenvalue weighted by Gasteiger charge is 2.20. The van der Waals surface area contributed by atoms with Gasteiger partial charge in [0, 0.05) is 12.3 Å². The number of hydrogen-bond acceptors (Lipinski definition) is 4. The van der Waals surface area contributed by atoms with Crippen molar-refractivity contribution < 1.29 is 14.3 Å². The Labute approximate surface area is 102 Å². The van der Waals surface area contributed by atoms with E-state index in [0.717, 1.165) is 0 Å². The zero-order chi connectivity index (χ0) is 12.8. The minimum Gasteiger partial charge on any atom is -0.444 e. The van der Waals surface area contributed by atoms with Crippen LogP contribution in [0.15, 0.2) is 0 Å². The first-order valence-electron chi connectivity index (χ1n) is 5.14. The Morgan fingerprint density at radius 3 is 2.38 bits per heavy atom. The van der Waals surface area contributed by atoms with Gasteiger partial charge in [-0.25, -0.2) is 4.79 Å². The van der Waals surface area contributed by atoms with Crippen LogP contribution in [0.2, 0.25) is 0 Å². The van der Waals surface area contributed by atoms with E-state index in [1.165, 1.54) is 0 Å². The number of alkyl carbamates (subject to hydrolysis) is 1. The van der Waals surface area contributed by atoms with Crippen LogP contribution in [0.25, 0.3) is 0 Å². The average molecular weight is 248 g/mol. The van der Waals surface area contributed by atoms with Crippen LogP contribution in [0.3, 0.4) is 0 Å². The fourth-order valence-electron chi connectivity index (χ4n) is 0.882. The second-order valence-corrected chi connectivity index (χ2v) is 4.83. The SMILES string of the molecule is CC(NC(=O)OC(C)(C)C)C(=O)NCCS. The highest BCUT2D eigenvalue weighted by molar-refractivity contribution is 7.80. The van der Waals surface area contributed by atoms with E-state index in [1.54, 1.807) is 27.7 Å². The van der Waals surface area contributed by atoms with Gasteiger partial charge in [0.05, 0.1) is 0 Å². The number of thiol groups is 1. The molecule has 0 aliphatic rings. The summed E-state index contributed by atoms with van der Waals surface area (Å²) in [6.45, 7) is 7.36. The number of ether oxygens (including phenoxy) is 1. The topological polar surface area (TPSA) is 67.4 Å². The molecule has 0 aromatic rings. The van der Waals surface area contributed by atoms with Gasteiger partial charge in [0.1, 0.15) is 11.6 Å². The monoisotopic (exact) mass is 248 g/mol. The quantitative estimate of drug-likeness (QED) is 0.649. The first-order valence-corrected chi connectivity index (χ1v) is 5.77. The molecule has 16 heavy (non-hydrogen) atoms. The van der Waals surface area contributed by atoms with Crippen molar-refractivity contribution in [2.45, 2.75) is 39.3 Å². The van der Waals surface area contributed by atoms with Crippen LogP contribution in [0, 0.1) is 0 Å². The fraction of sp³-hybridized carbons (Fsp3) is 0.800. The van der Waals surface area contributed by atoms with Crippen LogP contribution >= 0.6 is 12.6 Å². The van der Waals surface area contributed by atoms with Gasteiger partial charge < -0.3 is 15.4 Å². The summed E-state index contributed by atoms with van der Waals surface area (Å²) < 4.78 is 5.02. The van der Waals surface area contributed by atoms with E-state index in [-0.39, 0.29) is 5.91 Å². The summed E-state index contributed by atoms with van der Waals surface area (Å²) in [6, 6.07) is -0.616. The molecule has 0 aromatic heterocycles. The Balaban J connectivity index is 3.99. The molecule has 1 atom stereocenters. The first-order chi connectivity index (χ1) is 7.26. The molecule has 0 radical (unpaired) electrons.